The van der Waals surface area contributed by atoms with Gasteiger partial charge in [-0.05, 0) is 0 Å². The van der Waals surface area contributed by atoms with Crippen LogP contribution >= 0.6 is 0 Å². The average molecular weight is 301 g/mol. The van der Waals surface area contributed by atoms with Gasteiger partial charge in [-0.15, -0.1) is 0 Å². The molecule has 15 heavy (non-hydrogen) atoms. The van der Waals surface area contributed by atoms with E-state index >= 15 is 0 Å². The van der Waals surface area contributed by atoms with Gasteiger partial charge in [-0.3, -0.25) is 0 Å². The summed E-state index contributed by atoms with van der Waals surface area (Å²) >= 11 is -0.258. The van der Waals surface area contributed by atoms with Gasteiger partial charge in [0.1, 0.15) is 0 Å². The van der Waals surface area contributed by atoms with E-state index in [1.54, 1.807) is 0 Å². The Morgan fingerprint density at radius 2 is 1.00 bits per heavy atom. The van der Waals surface area contributed by atoms with E-state index in [9.17, 15) is 0 Å². The molecule has 0 nitrogen and oxygen atoms in total. The van der Waals surface area contributed by atoms with Crippen LogP contribution in [0, 0.1) is 0 Å². The van der Waals surface area contributed by atoms with Crippen molar-refractivity contribution in [2.24, 2.45) is 0 Å². The standard InChI is InChI=1S/2C7H7.Sn/c2*1-7-5-3-2-4-6-7;/h2*2-6H,1H2;/q;;+1. The van der Waals surface area contributed by atoms with Crippen LogP contribution in [0.2, 0.25) is 0 Å². The molecule has 0 aliphatic rings. The molecule has 0 saturated heterocycles. The Kier molecular flexibility index (Phi) is 4.27. The Morgan fingerprint density at radius 3 is 1.40 bits per heavy atom. The van der Waals surface area contributed by atoms with Crippen LogP contribution in [-0.4, -0.2) is 21.1 Å². The second-order valence-corrected chi connectivity index (χ2v) is 7.02. The van der Waals surface area contributed by atoms with Gasteiger partial charge in [0.2, 0.25) is 0 Å². The van der Waals surface area contributed by atoms with Gasteiger partial charge in [0, 0.05) is 0 Å². The molecule has 0 fully saturated rings. The Morgan fingerprint density at radius 1 is 0.600 bits per heavy atom. The van der Waals surface area contributed by atoms with Crippen molar-refractivity contribution in [2.45, 2.75) is 8.87 Å². The molecule has 0 aromatic heterocycles. The van der Waals surface area contributed by atoms with Crippen LogP contribution in [0.5, 0.6) is 0 Å². The third-order valence-corrected chi connectivity index (χ3v) is 6.10. The molecule has 1 heteroatoms. The van der Waals surface area contributed by atoms with Gasteiger partial charge in [0.05, 0.1) is 0 Å². The first kappa shape index (κ1) is 10.7. The van der Waals surface area contributed by atoms with E-state index in [1.807, 2.05) is 0 Å². The summed E-state index contributed by atoms with van der Waals surface area (Å²) in [5, 5.41) is 0. The first-order chi connectivity index (χ1) is 7.45. The molecule has 2 aromatic rings. The van der Waals surface area contributed by atoms with Crippen molar-refractivity contribution in [1.29, 1.82) is 0 Å². The van der Waals surface area contributed by atoms with Gasteiger partial charge >= 0.3 is 102 Å². The number of hydrogen-bond donors (Lipinski definition) is 0. The Balaban J connectivity index is 1.81. The zero-order valence-corrected chi connectivity index (χ0v) is 11.5. The van der Waals surface area contributed by atoms with Gasteiger partial charge in [0.15, 0.2) is 0 Å². The van der Waals surface area contributed by atoms with Crippen LogP contribution in [0.1, 0.15) is 11.1 Å². The molecular formula is C14H14Sn+. The van der Waals surface area contributed by atoms with Crippen molar-refractivity contribution in [2.75, 3.05) is 0 Å². The van der Waals surface area contributed by atoms with E-state index in [4.69, 9.17) is 0 Å². The van der Waals surface area contributed by atoms with Crippen molar-refractivity contribution in [3.05, 3.63) is 71.8 Å². The molecule has 0 N–H and O–H groups in total. The molecule has 0 heterocycles. The van der Waals surface area contributed by atoms with Crippen LogP contribution < -0.4 is 0 Å². The van der Waals surface area contributed by atoms with Crippen LogP contribution in [0.3, 0.4) is 0 Å². The third-order valence-electron chi connectivity index (χ3n) is 2.34. The summed E-state index contributed by atoms with van der Waals surface area (Å²) in [4.78, 5) is 0. The Hall–Kier alpha value is -0.761. The summed E-state index contributed by atoms with van der Waals surface area (Å²) in [6.07, 6.45) is 0. The first-order valence-corrected chi connectivity index (χ1v) is 9.27. The van der Waals surface area contributed by atoms with E-state index in [0.29, 0.717) is 0 Å². The summed E-state index contributed by atoms with van der Waals surface area (Å²) in [5.74, 6) is 0. The molecule has 0 aliphatic carbocycles. The molecule has 2 aromatic carbocycles. The fraction of sp³-hybridized carbons (Fsp3) is 0.143. The maximum absolute atomic E-state index is 2.24. The van der Waals surface area contributed by atoms with Gasteiger partial charge in [0.25, 0.3) is 0 Å². The van der Waals surface area contributed by atoms with Gasteiger partial charge in [-0.25, -0.2) is 0 Å². The van der Waals surface area contributed by atoms with E-state index in [0.717, 1.165) is 0 Å². The van der Waals surface area contributed by atoms with Crippen LogP contribution in [-0.2, 0) is 8.87 Å². The van der Waals surface area contributed by atoms with E-state index in [2.05, 4.69) is 60.7 Å². The second-order valence-electron chi connectivity index (χ2n) is 3.57. The molecule has 0 unspecified atom stereocenters. The summed E-state index contributed by atoms with van der Waals surface area (Å²) in [6.45, 7) is 0. The molecule has 0 spiro atoms. The van der Waals surface area contributed by atoms with E-state index < -0.39 is 0 Å². The molecule has 73 valence electrons. The van der Waals surface area contributed by atoms with Crippen molar-refractivity contribution >= 4 is 21.1 Å². The van der Waals surface area contributed by atoms with Crippen molar-refractivity contribution in [1.82, 2.24) is 0 Å². The van der Waals surface area contributed by atoms with Crippen LogP contribution in [0.4, 0.5) is 0 Å². The number of benzene rings is 2. The number of hydrogen-bond acceptors (Lipinski definition) is 0. The minimum atomic E-state index is -0.258. The molecular weight excluding hydrogens is 287 g/mol. The topological polar surface area (TPSA) is 0 Å². The van der Waals surface area contributed by atoms with E-state index in [1.165, 1.54) is 20.0 Å². The van der Waals surface area contributed by atoms with Crippen molar-refractivity contribution in [3.8, 4) is 0 Å². The average Bonchev–Trinajstić information content (AvgIpc) is 2.32. The minimum absolute atomic E-state index is 0.258. The first-order valence-electron chi connectivity index (χ1n) is 5.24. The zero-order valence-electron chi connectivity index (χ0n) is 8.69. The predicted molar refractivity (Wildman–Crippen MR) is 66.0 cm³/mol. The molecule has 2 rings (SSSR count). The summed E-state index contributed by atoms with van der Waals surface area (Å²) in [5.41, 5.74) is 3.03. The SMILES string of the molecule is c1ccc([CH2][Sn+][CH2]c2ccccc2)cc1. The fourth-order valence-corrected chi connectivity index (χ4v) is 4.89. The molecule has 0 atom stereocenters. The summed E-state index contributed by atoms with van der Waals surface area (Å²) in [6, 6.07) is 21.7. The van der Waals surface area contributed by atoms with Gasteiger partial charge in [-0.2, -0.15) is 0 Å². The summed E-state index contributed by atoms with van der Waals surface area (Å²) < 4.78 is 2.69. The van der Waals surface area contributed by atoms with Crippen LogP contribution in [0.25, 0.3) is 0 Å². The second kappa shape index (κ2) is 5.96. The molecule has 0 bridgehead atoms. The van der Waals surface area contributed by atoms with Crippen LogP contribution in [0.15, 0.2) is 60.7 Å². The molecule has 1 radical (unpaired) electrons. The third kappa shape index (κ3) is 3.71. The quantitative estimate of drug-likeness (QED) is 0.761. The van der Waals surface area contributed by atoms with E-state index in [-0.39, 0.29) is 21.1 Å². The zero-order chi connectivity index (χ0) is 10.3. The van der Waals surface area contributed by atoms with Gasteiger partial charge in [-0.1, -0.05) is 0 Å². The summed E-state index contributed by atoms with van der Waals surface area (Å²) in [7, 11) is 0. The maximum atomic E-state index is 2.24. The van der Waals surface area contributed by atoms with Gasteiger partial charge < -0.3 is 0 Å². The monoisotopic (exact) mass is 302 g/mol. The van der Waals surface area contributed by atoms with Crippen molar-refractivity contribution in [3.63, 3.8) is 0 Å². The Bertz CT molecular complexity index is 341. The fourth-order valence-electron chi connectivity index (χ4n) is 1.54. The molecule has 0 aliphatic heterocycles. The molecule has 0 saturated carbocycles. The number of rotatable bonds is 4. The normalized spacial score (nSPS) is 9.87. The Labute approximate surface area is 102 Å². The predicted octanol–water partition coefficient (Wildman–Crippen LogP) is 3.09. The molecule has 0 amide bonds. The van der Waals surface area contributed by atoms with Crippen molar-refractivity contribution < 1.29 is 0 Å².